The van der Waals surface area contributed by atoms with Crippen LogP contribution in [0, 0.1) is 5.41 Å². The van der Waals surface area contributed by atoms with E-state index in [1.54, 1.807) is 0 Å². The van der Waals surface area contributed by atoms with Crippen LogP contribution in [0.2, 0.25) is 4.47 Å². The van der Waals surface area contributed by atoms with Crippen molar-refractivity contribution in [2.24, 2.45) is 5.41 Å². The first-order valence-corrected chi connectivity index (χ1v) is 7.49. The normalized spacial score (nSPS) is 13.0. The standard InChI is InChI=1S/C9H15ClN2O2S2/c1-9(2,3)4-5-12-16(13,14)7-6-11-8(10)15-7/h6,12H,4-5H2,1-3H3. The summed E-state index contributed by atoms with van der Waals surface area (Å²) in [4.78, 5) is 3.70. The third-order valence-corrected chi connectivity index (χ3v) is 4.93. The van der Waals surface area contributed by atoms with Crippen molar-refractivity contribution in [1.82, 2.24) is 9.71 Å². The van der Waals surface area contributed by atoms with Crippen molar-refractivity contribution in [3.8, 4) is 0 Å². The molecule has 16 heavy (non-hydrogen) atoms. The van der Waals surface area contributed by atoms with Crippen molar-refractivity contribution < 1.29 is 8.42 Å². The van der Waals surface area contributed by atoms with Crippen LogP contribution < -0.4 is 4.72 Å². The molecule has 1 N–H and O–H groups in total. The van der Waals surface area contributed by atoms with E-state index in [2.05, 4.69) is 30.5 Å². The van der Waals surface area contributed by atoms with Gasteiger partial charge >= 0.3 is 0 Å². The van der Waals surface area contributed by atoms with Crippen molar-refractivity contribution in [2.45, 2.75) is 31.4 Å². The Balaban J connectivity index is 2.60. The molecule has 0 aromatic carbocycles. The van der Waals surface area contributed by atoms with E-state index in [-0.39, 0.29) is 14.1 Å². The Morgan fingerprint density at radius 3 is 2.56 bits per heavy atom. The predicted molar refractivity (Wildman–Crippen MR) is 66.4 cm³/mol. The Morgan fingerprint density at radius 1 is 1.50 bits per heavy atom. The van der Waals surface area contributed by atoms with E-state index < -0.39 is 10.0 Å². The summed E-state index contributed by atoms with van der Waals surface area (Å²) in [5.41, 5.74) is 0.105. The van der Waals surface area contributed by atoms with Gasteiger partial charge in [0.05, 0.1) is 6.20 Å². The maximum absolute atomic E-state index is 11.7. The molecular formula is C9H15ClN2O2S2. The molecule has 0 atom stereocenters. The number of nitrogens with zero attached hydrogens (tertiary/aromatic N) is 1. The molecule has 1 aromatic rings. The molecule has 0 saturated carbocycles. The van der Waals surface area contributed by atoms with E-state index in [9.17, 15) is 8.42 Å². The Bertz CT molecular complexity index is 448. The molecule has 0 amide bonds. The first kappa shape index (κ1) is 13.9. The lowest BCUT2D eigenvalue weighted by molar-refractivity contribution is 0.378. The lowest BCUT2D eigenvalue weighted by atomic mass is 9.93. The third kappa shape index (κ3) is 4.37. The van der Waals surface area contributed by atoms with E-state index in [4.69, 9.17) is 11.6 Å². The fourth-order valence-electron chi connectivity index (χ4n) is 0.995. The summed E-state index contributed by atoms with van der Waals surface area (Å²) in [6.45, 7) is 6.60. The number of halogens is 1. The molecule has 0 saturated heterocycles. The molecule has 0 aliphatic rings. The second-order valence-corrected chi connectivity index (χ2v) is 8.25. The average molecular weight is 283 g/mol. The van der Waals surface area contributed by atoms with Gasteiger partial charge in [0, 0.05) is 6.54 Å². The summed E-state index contributed by atoms with van der Waals surface area (Å²) >= 11 is 6.54. The van der Waals surface area contributed by atoms with Crippen LogP contribution in [-0.4, -0.2) is 19.9 Å². The van der Waals surface area contributed by atoms with Crippen LogP contribution in [0.5, 0.6) is 0 Å². The van der Waals surface area contributed by atoms with Crippen LogP contribution >= 0.6 is 22.9 Å². The predicted octanol–water partition coefficient (Wildman–Crippen LogP) is 2.51. The molecule has 4 nitrogen and oxygen atoms in total. The fourth-order valence-corrected chi connectivity index (χ4v) is 3.36. The maximum atomic E-state index is 11.7. The zero-order valence-electron chi connectivity index (χ0n) is 9.45. The second kappa shape index (κ2) is 5.00. The van der Waals surface area contributed by atoms with Crippen LogP contribution in [0.25, 0.3) is 0 Å². The molecule has 92 valence electrons. The fraction of sp³-hybridized carbons (Fsp3) is 0.667. The Hall–Kier alpha value is -0.170. The van der Waals surface area contributed by atoms with Gasteiger partial charge in [0.2, 0.25) is 0 Å². The molecule has 0 fully saturated rings. The summed E-state index contributed by atoms with van der Waals surface area (Å²) in [5.74, 6) is 0. The maximum Gasteiger partial charge on any atom is 0.251 e. The Labute approximate surface area is 105 Å². The van der Waals surface area contributed by atoms with E-state index in [0.717, 1.165) is 17.8 Å². The van der Waals surface area contributed by atoms with E-state index in [0.29, 0.717) is 6.54 Å². The monoisotopic (exact) mass is 282 g/mol. The molecule has 7 heteroatoms. The Kier molecular flexibility index (Phi) is 4.34. The largest absolute Gasteiger partial charge is 0.251 e. The van der Waals surface area contributed by atoms with Gasteiger partial charge in [0.1, 0.15) is 0 Å². The number of thiazole rings is 1. The van der Waals surface area contributed by atoms with E-state index >= 15 is 0 Å². The average Bonchev–Trinajstić information content (AvgIpc) is 2.49. The molecule has 0 bridgehead atoms. The molecular weight excluding hydrogens is 268 g/mol. The van der Waals surface area contributed by atoms with Gasteiger partial charge in [-0.1, -0.05) is 43.7 Å². The third-order valence-electron chi connectivity index (χ3n) is 1.89. The molecule has 0 unspecified atom stereocenters. The zero-order chi connectivity index (χ0) is 12.4. The smallest absolute Gasteiger partial charge is 0.232 e. The topological polar surface area (TPSA) is 59.1 Å². The molecule has 1 heterocycles. The van der Waals surface area contributed by atoms with Gasteiger partial charge in [0.15, 0.2) is 8.68 Å². The van der Waals surface area contributed by atoms with Crippen LogP contribution in [0.1, 0.15) is 27.2 Å². The van der Waals surface area contributed by atoms with Crippen molar-refractivity contribution in [2.75, 3.05) is 6.54 Å². The number of sulfonamides is 1. The molecule has 0 aliphatic carbocycles. The van der Waals surface area contributed by atoms with E-state index in [1.807, 2.05) is 0 Å². The van der Waals surface area contributed by atoms with Gasteiger partial charge in [-0.15, -0.1) is 0 Å². The minimum Gasteiger partial charge on any atom is -0.232 e. The van der Waals surface area contributed by atoms with Crippen LogP contribution in [0.15, 0.2) is 10.4 Å². The minimum absolute atomic E-state index is 0.105. The van der Waals surface area contributed by atoms with Crippen LogP contribution in [0.3, 0.4) is 0 Å². The molecule has 1 aromatic heterocycles. The summed E-state index contributed by atoms with van der Waals surface area (Å²) in [6.07, 6.45) is 2.05. The highest BCUT2D eigenvalue weighted by Gasteiger charge is 2.18. The summed E-state index contributed by atoms with van der Waals surface area (Å²) in [6, 6.07) is 0. The van der Waals surface area contributed by atoms with Crippen molar-refractivity contribution in [3.63, 3.8) is 0 Å². The number of aromatic nitrogens is 1. The number of nitrogens with one attached hydrogen (secondary N) is 1. The number of hydrogen-bond acceptors (Lipinski definition) is 4. The first-order valence-electron chi connectivity index (χ1n) is 4.82. The summed E-state index contributed by atoms with van der Waals surface area (Å²) in [7, 11) is -3.44. The highest BCUT2D eigenvalue weighted by atomic mass is 35.5. The van der Waals surface area contributed by atoms with E-state index in [1.165, 1.54) is 6.20 Å². The van der Waals surface area contributed by atoms with Gasteiger partial charge in [0.25, 0.3) is 10.0 Å². The highest BCUT2D eigenvalue weighted by molar-refractivity contribution is 7.91. The summed E-state index contributed by atoms with van der Waals surface area (Å²) < 4.78 is 26.4. The van der Waals surface area contributed by atoms with Gasteiger partial charge in [-0.2, -0.15) is 0 Å². The Morgan fingerprint density at radius 2 is 2.12 bits per heavy atom. The van der Waals surface area contributed by atoms with Crippen molar-refractivity contribution in [1.29, 1.82) is 0 Å². The quantitative estimate of drug-likeness (QED) is 0.923. The van der Waals surface area contributed by atoms with Gasteiger partial charge < -0.3 is 0 Å². The van der Waals surface area contributed by atoms with Gasteiger partial charge in [-0.05, 0) is 11.8 Å². The zero-order valence-corrected chi connectivity index (χ0v) is 11.8. The number of rotatable bonds is 4. The van der Waals surface area contributed by atoms with Crippen LogP contribution in [-0.2, 0) is 10.0 Å². The molecule has 0 spiro atoms. The lowest BCUT2D eigenvalue weighted by Crippen LogP contribution is -2.26. The highest BCUT2D eigenvalue weighted by Crippen LogP contribution is 2.23. The molecule has 1 rings (SSSR count). The number of hydrogen-bond donors (Lipinski definition) is 1. The summed E-state index contributed by atoms with van der Waals surface area (Å²) in [5, 5.41) is 0. The molecule has 0 aliphatic heterocycles. The SMILES string of the molecule is CC(C)(C)CCNS(=O)(=O)c1cnc(Cl)s1. The van der Waals surface area contributed by atoms with Gasteiger partial charge in [-0.3, -0.25) is 0 Å². The van der Waals surface area contributed by atoms with Crippen molar-refractivity contribution >= 4 is 33.0 Å². The van der Waals surface area contributed by atoms with Gasteiger partial charge in [-0.25, -0.2) is 18.1 Å². The van der Waals surface area contributed by atoms with Crippen molar-refractivity contribution in [3.05, 3.63) is 10.7 Å². The molecule has 0 radical (unpaired) electrons. The minimum atomic E-state index is -3.44. The van der Waals surface area contributed by atoms with Crippen LogP contribution in [0.4, 0.5) is 0 Å². The first-order chi connectivity index (χ1) is 7.21. The lowest BCUT2D eigenvalue weighted by Gasteiger charge is -2.17. The second-order valence-electron chi connectivity index (χ2n) is 4.64.